The number of nitrogens with zero attached hydrogens (tertiary/aromatic N) is 1. The average molecular weight is 242 g/mol. The van der Waals surface area contributed by atoms with E-state index >= 15 is 0 Å². The summed E-state index contributed by atoms with van der Waals surface area (Å²) in [7, 11) is 0. The Labute approximate surface area is 105 Å². The number of nitrogens with one attached hydrogen (secondary N) is 1. The standard InChI is InChI=1S/C14H14N2O2/c1-2-10-4-3-5-11(8-10)16-14(18)12-6-7-15-9-13(12)17/h3-9,17H,2H2,1H3,(H,16,18). The second kappa shape index (κ2) is 5.31. The normalized spacial score (nSPS) is 10.1. The highest BCUT2D eigenvalue weighted by Crippen LogP contribution is 2.17. The van der Waals surface area contributed by atoms with Gasteiger partial charge in [0.15, 0.2) is 0 Å². The molecule has 0 atom stereocenters. The minimum Gasteiger partial charge on any atom is -0.505 e. The van der Waals surface area contributed by atoms with Gasteiger partial charge in [0.05, 0.1) is 11.8 Å². The maximum atomic E-state index is 11.9. The number of hydrogen-bond acceptors (Lipinski definition) is 3. The molecule has 0 aliphatic carbocycles. The van der Waals surface area contributed by atoms with Crippen LogP contribution >= 0.6 is 0 Å². The third-order valence-corrected chi connectivity index (χ3v) is 2.64. The molecule has 0 saturated carbocycles. The number of pyridine rings is 1. The van der Waals surface area contributed by atoms with E-state index in [-0.39, 0.29) is 17.2 Å². The molecular weight excluding hydrogens is 228 g/mol. The molecule has 1 aromatic carbocycles. The maximum absolute atomic E-state index is 11.9. The number of hydrogen-bond donors (Lipinski definition) is 2. The molecule has 0 aliphatic heterocycles. The molecule has 0 fully saturated rings. The van der Waals surface area contributed by atoms with Crippen molar-refractivity contribution in [1.82, 2.24) is 4.98 Å². The van der Waals surface area contributed by atoms with Crippen LogP contribution in [0, 0.1) is 0 Å². The van der Waals surface area contributed by atoms with Crippen molar-refractivity contribution >= 4 is 11.6 Å². The minimum absolute atomic E-state index is 0.123. The summed E-state index contributed by atoms with van der Waals surface area (Å²) in [6.07, 6.45) is 3.62. The molecule has 0 bridgehead atoms. The lowest BCUT2D eigenvalue weighted by molar-refractivity contribution is 0.102. The summed E-state index contributed by atoms with van der Waals surface area (Å²) in [5.41, 5.74) is 2.08. The number of rotatable bonds is 3. The maximum Gasteiger partial charge on any atom is 0.259 e. The molecule has 2 rings (SSSR count). The molecule has 18 heavy (non-hydrogen) atoms. The van der Waals surface area contributed by atoms with Crippen LogP contribution in [0.25, 0.3) is 0 Å². The largest absolute Gasteiger partial charge is 0.505 e. The van der Waals surface area contributed by atoms with Crippen LogP contribution in [0.3, 0.4) is 0 Å². The second-order valence-corrected chi connectivity index (χ2v) is 3.90. The predicted octanol–water partition coefficient (Wildman–Crippen LogP) is 2.60. The molecule has 0 spiro atoms. The second-order valence-electron chi connectivity index (χ2n) is 3.90. The summed E-state index contributed by atoms with van der Waals surface area (Å²) < 4.78 is 0. The van der Waals surface area contributed by atoms with Crippen molar-refractivity contribution in [2.45, 2.75) is 13.3 Å². The van der Waals surface area contributed by atoms with E-state index in [0.717, 1.165) is 17.7 Å². The number of aryl methyl sites for hydroxylation is 1. The number of carbonyl (C=O) groups is 1. The molecule has 4 nitrogen and oxygen atoms in total. The van der Waals surface area contributed by atoms with Crippen LogP contribution in [0.1, 0.15) is 22.8 Å². The summed E-state index contributed by atoms with van der Waals surface area (Å²) in [6, 6.07) is 9.10. The number of amides is 1. The molecule has 0 aliphatic rings. The Morgan fingerprint density at radius 1 is 1.39 bits per heavy atom. The van der Waals surface area contributed by atoms with Crippen LogP contribution in [-0.2, 0) is 6.42 Å². The number of carbonyl (C=O) groups excluding carboxylic acids is 1. The van der Waals surface area contributed by atoms with Crippen molar-refractivity contribution < 1.29 is 9.90 Å². The minimum atomic E-state index is -0.344. The first-order valence-electron chi connectivity index (χ1n) is 5.74. The van der Waals surface area contributed by atoms with Crippen molar-refractivity contribution in [2.24, 2.45) is 0 Å². The predicted molar refractivity (Wildman–Crippen MR) is 69.7 cm³/mol. The zero-order valence-electron chi connectivity index (χ0n) is 10.1. The summed E-state index contributed by atoms with van der Waals surface area (Å²) >= 11 is 0. The fourth-order valence-electron chi connectivity index (χ4n) is 1.65. The Hall–Kier alpha value is -2.36. The first kappa shape index (κ1) is 12.1. The number of aromatic hydroxyl groups is 1. The van der Waals surface area contributed by atoms with Crippen molar-refractivity contribution in [3.63, 3.8) is 0 Å². The zero-order chi connectivity index (χ0) is 13.0. The van der Waals surface area contributed by atoms with Crippen LogP contribution in [0.5, 0.6) is 5.75 Å². The molecule has 0 unspecified atom stereocenters. The third-order valence-electron chi connectivity index (χ3n) is 2.64. The molecule has 2 aromatic rings. The molecular formula is C14H14N2O2. The Kier molecular flexibility index (Phi) is 3.57. The molecule has 92 valence electrons. The molecule has 1 aromatic heterocycles. The van der Waals surface area contributed by atoms with E-state index in [9.17, 15) is 9.90 Å². The van der Waals surface area contributed by atoms with Crippen LogP contribution < -0.4 is 5.32 Å². The van der Waals surface area contributed by atoms with Crippen molar-refractivity contribution in [3.8, 4) is 5.75 Å². The van der Waals surface area contributed by atoms with Crippen molar-refractivity contribution in [3.05, 3.63) is 53.9 Å². The lowest BCUT2D eigenvalue weighted by Crippen LogP contribution is -2.12. The smallest absolute Gasteiger partial charge is 0.259 e. The van der Waals surface area contributed by atoms with Gasteiger partial charge in [-0.3, -0.25) is 9.78 Å². The average Bonchev–Trinajstić information content (AvgIpc) is 2.39. The van der Waals surface area contributed by atoms with Gasteiger partial charge in [0, 0.05) is 11.9 Å². The molecule has 1 amide bonds. The fourth-order valence-corrected chi connectivity index (χ4v) is 1.65. The Morgan fingerprint density at radius 3 is 2.94 bits per heavy atom. The number of aromatic nitrogens is 1. The zero-order valence-corrected chi connectivity index (χ0v) is 10.1. The van der Waals surface area contributed by atoms with E-state index < -0.39 is 0 Å². The van der Waals surface area contributed by atoms with E-state index in [0.29, 0.717) is 0 Å². The van der Waals surface area contributed by atoms with E-state index in [4.69, 9.17) is 0 Å². The van der Waals surface area contributed by atoms with Gasteiger partial charge in [-0.1, -0.05) is 19.1 Å². The highest BCUT2D eigenvalue weighted by molar-refractivity contribution is 6.05. The van der Waals surface area contributed by atoms with Gasteiger partial charge in [-0.2, -0.15) is 0 Å². The van der Waals surface area contributed by atoms with E-state index in [1.807, 2.05) is 24.3 Å². The number of anilines is 1. The summed E-state index contributed by atoms with van der Waals surface area (Å²) in [5, 5.41) is 12.3. The van der Waals surface area contributed by atoms with Gasteiger partial charge < -0.3 is 10.4 Å². The summed E-state index contributed by atoms with van der Waals surface area (Å²) in [5.74, 6) is -0.468. The Bertz CT molecular complexity index is 567. The van der Waals surface area contributed by atoms with E-state index in [1.165, 1.54) is 18.5 Å². The number of benzene rings is 1. The molecule has 1 heterocycles. The first-order chi connectivity index (χ1) is 8.70. The molecule has 4 heteroatoms. The van der Waals surface area contributed by atoms with Gasteiger partial charge in [0.1, 0.15) is 5.75 Å². The quantitative estimate of drug-likeness (QED) is 0.869. The van der Waals surface area contributed by atoms with Crippen LogP contribution in [0.15, 0.2) is 42.7 Å². The highest BCUT2D eigenvalue weighted by Gasteiger charge is 2.10. The summed E-state index contributed by atoms with van der Waals surface area (Å²) in [4.78, 5) is 15.7. The van der Waals surface area contributed by atoms with Crippen LogP contribution in [-0.4, -0.2) is 16.0 Å². The SMILES string of the molecule is CCc1cccc(NC(=O)c2ccncc2O)c1. The monoisotopic (exact) mass is 242 g/mol. The van der Waals surface area contributed by atoms with E-state index in [2.05, 4.69) is 17.2 Å². The highest BCUT2D eigenvalue weighted by atomic mass is 16.3. The first-order valence-corrected chi connectivity index (χ1v) is 5.74. The van der Waals surface area contributed by atoms with Crippen LogP contribution in [0.4, 0.5) is 5.69 Å². The lowest BCUT2D eigenvalue weighted by Gasteiger charge is -2.07. The fraction of sp³-hybridized carbons (Fsp3) is 0.143. The van der Waals surface area contributed by atoms with Crippen molar-refractivity contribution in [2.75, 3.05) is 5.32 Å². The van der Waals surface area contributed by atoms with Crippen molar-refractivity contribution in [1.29, 1.82) is 0 Å². The van der Waals surface area contributed by atoms with Gasteiger partial charge in [-0.15, -0.1) is 0 Å². The van der Waals surface area contributed by atoms with Gasteiger partial charge in [0.25, 0.3) is 5.91 Å². The van der Waals surface area contributed by atoms with Crippen LogP contribution in [0.2, 0.25) is 0 Å². The summed E-state index contributed by atoms with van der Waals surface area (Å²) in [6.45, 7) is 2.05. The third kappa shape index (κ3) is 2.66. The van der Waals surface area contributed by atoms with Gasteiger partial charge in [-0.05, 0) is 30.2 Å². The Balaban J connectivity index is 2.19. The van der Waals surface area contributed by atoms with Gasteiger partial charge in [-0.25, -0.2) is 0 Å². The van der Waals surface area contributed by atoms with Gasteiger partial charge in [0.2, 0.25) is 0 Å². The molecule has 0 saturated heterocycles. The lowest BCUT2D eigenvalue weighted by atomic mass is 10.1. The van der Waals surface area contributed by atoms with E-state index in [1.54, 1.807) is 0 Å². The molecule has 2 N–H and O–H groups in total. The molecule has 0 radical (unpaired) electrons. The Morgan fingerprint density at radius 2 is 2.22 bits per heavy atom. The van der Waals surface area contributed by atoms with Gasteiger partial charge >= 0.3 is 0 Å². The topological polar surface area (TPSA) is 62.2 Å².